The van der Waals surface area contributed by atoms with E-state index in [2.05, 4.69) is 171 Å². The van der Waals surface area contributed by atoms with Crippen LogP contribution in [0.2, 0.25) is 0 Å². The lowest BCUT2D eigenvalue weighted by Crippen LogP contribution is -2.51. The summed E-state index contributed by atoms with van der Waals surface area (Å²) in [5, 5.41) is 11.0. The Morgan fingerprint density at radius 2 is 1.24 bits per heavy atom. The number of hydrogen-bond donors (Lipinski definition) is 1. The van der Waals surface area contributed by atoms with Gasteiger partial charge in [-0.2, -0.15) is 0 Å². The van der Waals surface area contributed by atoms with E-state index in [0.29, 0.717) is 6.54 Å². The van der Waals surface area contributed by atoms with Gasteiger partial charge < -0.3 is 14.6 Å². The molecule has 2 heterocycles. The van der Waals surface area contributed by atoms with E-state index in [1.54, 1.807) is 4.90 Å². The van der Waals surface area contributed by atoms with E-state index in [9.17, 15) is 9.90 Å². The Labute approximate surface area is 297 Å². The quantitative estimate of drug-likeness (QED) is 0.143. The van der Waals surface area contributed by atoms with Crippen LogP contribution >= 0.6 is 0 Å². The van der Waals surface area contributed by atoms with Crippen LogP contribution in [0.15, 0.2) is 128 Å². The van der Waals surface area contributed by atoms with Gasteiger partial charge >= 0.3 is 6.09 Å². The average Bonchev–Trinajstić information content (AvgIpc) is 3.51. The highest BCUT2D eigenvalue weighted by Crippen LogP contribution is 2.45. The molecule has 0 saturated carbocycles. The number of hydrogen-bond acceptors (Lipinski definition) is 4. The Kier molecular flexibility index (Phi) is 10.6. The Bertz CT molecular complexity index is 1710. The molecule has 7 nitrogen and oxygen atoms in total. The Morgan fingerprint density at radius 1 is 0.780 bits per heavy atom. The summed E-state index contributed by atoms with van der Waals surface area (Å²) < 4.78 is 2.32. The van der Waals surface area contributed by atoms with Crippen LogP contribution < -0.4 is 0 Å². The molecule has 1 amide bonds. The zero-order chi connectivity index (χ0) is 35.3. The molecule has 1 saturated heterocycles. The van der Waals surface area contributed by atoms with Crippen LogP contribution in [0.4, 0.5) is 4.79 Å². The topological polar surface area (TPSA) is 64.8 Å². The first-order valence-corrected chi connectivity index (χ1v) is 17.8. The van der Waals surface area contributed by atoms with Gasteiger partial charge in [0.15, 0.2) is 0 Å². The maximum absolute atomic E-state index is 13.4. The lowest BCUT2D eigenvalue weighted by Gasteiger charge is -2.45. The van der Waals surface area contributed by atoms with Gasteiger partial charge in [-0.1, -0.05) is 142 Å². The monoisotopic (exact) mass is 669 g/mol. The molecular weight excluding hydrogens is 619 g/mol. The molecule has 1 aliphatic heterocycles. The molecule has 0 spiro atoms. The SMILES string of the molecule is CN(C)Cc1nc(C(N(C(=O)O)C2CCN(Cc3ccccc3)CC2)C(C)(C)C)cn1C(c1ccccc1)(c1ccccc1)c1ccccc1. The summed E-state index contributed by atoms with van der Waals surface area (Å²) in [7, 11) is 4.11. The van der Waals surface area contributed by atoms with Gasteiger partial charge in [0.25, 0.3) is 0 Å². The summed E-state index contributed by atoms with van der Waals surface area (Å²) >= 11 is 0. The second-order valence-electron chi connectivity index (χ2n) is 14.9. The second kappa shape index (κ2) is 15.0. The number of piperidine rings is 1. The minimum Gasteiger partial charge on any atom is -0.465 e. The number of nitrogens with zero attached hydrogens (tertiary/aromatic N) is 5. The zero-order valence-corrected chi connectivity index (χ0v) is 30.1. The Hall–Kier alpha value is -4.72. The third-order valence-electron chi connectivity index (χ3n) is 9.99. The third-order valence-corrected chi connectivity index (χ3v) is 9.99. The first kappa shape index (κ1) is 35.1. The molecule has 50 heavy (non-hydrogen) atoms. The van der Waals surface area contributed by atoms with Crippen molar-refractivity contribution in [1.29, 1.82) is 0 Å². The molecule has 7 heteroatoms. The molecule has 260 valence electrons. The standard InChI is InChI=1S/C43H51N5O2/c1-42(2,3)40(48(41(49)50)37-26-28-46(29-27-37)30-33-18-10-6-11-19-33)38-31-47(39(44-38)32-45(4)5)43(34-20-12-7-13-21-34,35-22-14-8-15-23-35)36-24-16-9-17-25-36/h6-25,31,37,40H,26-30,32H2,1-5H3,(H,49,50). The molecular formula is C43H51N5O2. The van der Waals surface area contributed by atoms with Gasteiger partial charge in [0.05, 0.1) is 18.3 Å². The maximum Gasteiger partial charge on any atom is 0.408 e. The third kappa shape index (κ3) is 7.25. The van der Waals surface area contributed by atoms with Crippen LogP contribution in [0, 0.1) is 5.41 Å². The number of likely N-dealkylation sites (tertiary alicyclic amines) is 1. The number of amides is 1. The van der Waals surface area contributed by atoms with Crippen LogP contribution in [0.25, 0.3) is 0 Å². The predicted octanol–water partition coefficient (Wildman–Crippen LogP) is 8.52. The normalized spacial score (nSPS) is 15.2. The van der Waals surface area contributed by atoms with Crippen molar-refractivity contribution in [1.82, 2.24) is 24.3 Å². The highest BCUT2D eigenvalue weighted by atomic mass is 16.4. The van der Waals surface area contributed by atoms with Crippen LogP contribution in [-0.2, 0) is 18.6 Å². The largest absolute Gasteiger partial charge is 0.465 e. The number of aromatic nitrogens is 2. The number of imidazole rings is 1. The van der Waals surface area contributed by atoms with E-state index in [4.69, 9.17) is 4.98 Å². The van der Waals surface area contributed by atoms with E-state index in [1.165, 1.54) is 5.56 Å². The summed E-state index contributed by atoms with van der Waals surface area (Å²) in [4.78, 5) is 25.2. The van der Waals surface area contributed by atoms with Gasteiger partial charge in [0, 0.05) is 31.9 Å². The zero-order valence-electron chi connectivity index (χ0n) is 30.1. The molecule has 0 bridgehead atoms. The summed E-state index contributed by atoms with van der Waals surface area (Å²) in [6.45, 7) is 9.57. The van der Waals surface area contributed by atoms with Crippen molar-refractivity contribution in [3.63, 3.8) is 0 Å². The van der Waals surface area contributed by atoms with Gasteiger partial charge in [-0.15, -0.1) is 0 Å². The first-order valence-electron chi connectivity index (χ1n) is 17.8. The number of carboxylic acid groups (broad SMARTS) is 1. The van der Waals surface area contributed by atoms with Crippen LogP contribution in [0.5, 0.6) is 0 Å². The molecule has 1 unspecified atom stereocenters. The Morgan fingerprint density at radius 3 is 1.66 bits per heavy atom. The molecule has 1 N–H and O–H groups in total. The first-order chi connectivity index (χ1) is 24.1. The minimum atomic E-state index is -0.893. The second-order valence-corrected chi connectivity index (χ2v) is 14.9. The average molecular weight is 670 g/mol. The van der Waals surface area contributed by atoms with Crippen LogP contribution in [0.3, 0.4) is 0 Å². The van der Waals surface area contributed by atoms with E-state index < -0.39 is 23.1 Å². The lowest BCUT2D eigenvalue weighted by atomic mass is 9.76. The van der Waals surface area contributed by atoms with Crippen molar-refractivity contribution in [3.05, 3.63) is 161 Å². The molecule has 6 rings (SSSR count). The summed E-state index contributed by atoms with van der Waals surface area (Å²) in [6.07, 6.45) is 2.82. The highest BCUT2D eigenvalue weighted by Gasteiger charge is 2.45. The van der Waals surface area contributed by atoms with Crippen LogP contribution in [-0.4, -0.2) is 68.7 Å². The number of carbonyl (C=O) groups is 1. The number of benzene rings is 4. The molecule has 1 fully saturated rings. The molecule has 1 atom stereocenters. The van der Waals surface area contributed by atoms with E-state index in [0.717, 1.165) is 60.7 Å². The van der Waals surface area contributed by atoms with Gasteiger partial charge in [-0.25, -0.2) is 9.78 Å². The lowest BCUT2D eigenvalue weighted by molar-refractivity contribution is 0.0270. The summed E-state index contributed by atoms with van der Waals surface area (Å²) in [5.41, 5.74) is 4.18. The Balaban J connectivity index is 1.49. The van der Waals surface area contributed by atoms with E-state index >= 15 is 0 Å². The fourth-order valence-corrected chi connectivity index (χ4v) is 7.89. The maximum atomic E-state index is 13.4. The fourth-order valence-electron chi connectivity index (χ4n) is 7.89. The van der Waals surface area contributed by atoms with Gasteiger partial charge in [0.2, 0.25) is 0 Å². The van der Waals surface area contributed by atoms with Crippen molar-refractivity contribution in [2.75, 3.05) is 27.2 Å². The molecule has 0 radical (unpaired) electrons. The van der Waals surface area contributed by atoms with Crippen molar-refractivity contribution >= 4 is 6.09 Å². The van der Waals surface area contributed by atoms with Gasteiger partial charge in [-0.05, 0) is 54.6 Å². The smallest absolute Gasteiger partial charge is 0.408 e. The molecule has 4 aromatic carbocycles. The molecule has 1 aliphatic rings. The molecule has 5 aromatic rings. The van der Waals surface area contributed by atoms with Gasteiger partial charge in [-0.3, -0.25) is 9.80 Å². The molecule has 1 aromatic heterocycles. The van der Waals surface area contributed by atoms with Crippen molar-refractivity contribution in [2.24, 2.45) is 5.41 Å². The van der Waals surface area contributed by atoms with Gasteiger partial charge in [0.1, 0.15) is 11.4 Å². The van der Waals surface area contributed by atoms with Crippen molar-refractivity contribution in [2.45, 2.75) is 64.3 Å². The summed E-state index contributed by atoms with van der Waals surface area (Å²) in [5.74, 6) is 0.874. The van der Waals surface area contributed by atoms with E-state index in [-0.39, 0.29) is 6.04 Å². The highest BCUT2D eigenvalue weighted by molar-refractivity contribution is 5.66. The predicted molar refractivity (Wildman–Crippen MR) is 201 cm³/mol. The minimum absolute atomic E-state index is 0.117. The number of rotatable bonds is 11. The fraction of sp³-hybridized carbons (Fsp3) is 0.349. The molecule has 0 aliphatic carbocycles. The summed E-state index contributed by atoms with van der Waals surface area (Å²) in [6, 6.07) is 41.8. The van der Waals surface area contributed by atoms with Crippen molar-refractivity contribution < 1.29 is 9.90 Å². The van der Waals surface area contributed by atoms with Crippen LogP contribution in [0.1, 0.15) is 73.4 Å². The van der Waals surface area contributed by atoms with Crippen molar-refractivity contribution in [3.8, 4) is 0 Å². The van der Waals surface area contributed by atoms with E-state index in [1.807, 2.05) is 6.07 Å².